The van der Waals surface area contributed by atoms with E-state index >= 15 is 4.39 Å². The van der Waals surface area contributed by atoms with E-state index in [4.69, 9.17) is 14.7 Å². The van der Waals surface area contributed by atoms with E-state index in [-0.39, 0.29) is 34.3 Å². The molecule has 0 aliphatic carbocycles. The number of halogens is 4. The average molecular weight is 555 g/mol. The van der Waals surface area contributed by atoms with Gasteiger partial charge in [0.25, 0.3) is 5.56 Å². The van der Waals surface area contributed by atoms with Crippen LogP contribution < -0.4 is 10.3 Å². The molecule has 1 aliphatic heterocycles. The van der Waals surface area contributed by atoms with E-state index in [0.717, 1.165) is 18.7 Å². The molecule has 3 aromatic heterocycles. The molecule has 0 amide bonds. The van der Waals surface area contributed by atoms with Crippen LogP contribution in [0.5, 0.6) is 5.88 Å². The van der Waals surface area contributed by atoms with Gasteiger partial charge in [0.1, 0.15) is 22.9 Å². The molecule has 3 atom stereocenters. The van der Waals surface area contributed by atoms with Crippen LogP contribution in [0, 0.1) is 17.1 Å². The van der Waals surface area contributed by atoms with Crippen molar-refractivity contribution in [2.45, 2.75) is 44.1 Å². The summed E-state index contributed by atoms with van der Waals surface area (Å²) >= 11 is 0. The van der Waals surface area contributed by atoms with Gasteiger partial charge in [-0.25, -0.2) is 24.3 Å². The van der Waals surface area contributed by atoms with Crippen molar-refractivity contribution in [3.8, 4) is 23.2 Å². The topological polar surface area (TPSA) is 116 Å². The summed E-state index contributed by atoms with van der Waals surface area (Å²) in [6, 6.07) is 8.79. The first kappa shape index (κ1) is 27.1. The highest BCUT2D eigenvalue weighted by Gasteiger charge is 2.38. The number of aromatic nitrogens is 5. The molecular weight excluding hydrogens is 532 g/mol. The molecule has 1 aliphatic rings. The standard InChI is InChI=1S/C27H22F4N6O3/c1-13-8-16(10-19(40-13)15-6-7-33-20(11-15)39-3)24-34-21(17-5-4-14(12-32)9-18(17)28)22-23(35-24)25(38)37(2)26(36-22)27(29,30)31/h4-7,9,11,13,16,19H,8,10H2,1-3H3/t13-,16-,19+/m1/s1. The van der Waals surface area contributed by atoms with Crippen LogP contribution in [0.3, 0.4) is 0 Å². The zero-order chi connectivity index (χ0) is 28.8. The molecule has 0 radical (unpaired) electrons. The molecule has 0 N–H and O–H groups in total. The molecule has 1 aromatic carbocycles. The largest absolute Gasteiger partial charge is 0.481 e. The zero-order valence-corrected chi connectivity index (χ0v) is 21.5. The monoisotopic (exact) mass is 554 g/mol. The van der Waals surface area contributed by atoms with E-state index in [0.29, 0.717) is 23.3 Å². The van der Waals surface area contributed by atoms with Crippen molar-refractivity contribution >= 4 is 11.0 Å². The molecule has 0 unspecified atom stereocenters. The van der Waals surface area contributed by atoms with Crippen LogP contribution in [-0.2, 0) is 18.0 Å². The fraction of sp³-hybridized carbons (Fsp3) is 0.333. The number of nitrogens with zero attached hydrogens (tertiary/aromatic N) is 6. The molecule has 1 saturated heterocycles. The first-order chi connectivity index (χ1) is 19.0. The van der Waals surface area contributed by atoms with Crippen LogP contribution in [0.25, 0.3) is 22.3 Å². The number of alkyl halides is 3. The van der Waals surface area contributed by atoms with Crippen molar-refractivity contribution < 1.29 is 27.0 Å². The van der Waals surface area contributed by atoms with Gasteiger partial charge in [0.15, 0.2) is 5.52 Å². The molecule has 9 nitrogen and oxygen atoms in total. The van der Waals surface area contributed by atoms with Gasteiger partial charge in [-0.3, -0.25) is 9.36 Å². The third-order valence-corrected chi connectivity index (χ3v) is 6.77. The molecule has 0 saturated carbocycles. The minimum Gasteiger partial charge on any atom is -0.481 e. The zero-order valence-electron chi connectivity index (χ0n) is 21.5. The molecule has 40 heavy (non-hydrogen) atoms. The van der Waals surface area contributed by atoms with Crippen molar-refractivity contribution in [2.75, 3.05) is 7.11 Å². The first-order valence-electron chi connectivity index (χ1n) is 12.2. The lowest BCUT2D eigenvalue weighted by Crippen LogP contribution is -2.30. The second-order valence-electron chi connectivity index (χ2n) is 9.47. The molecule has 1 fully saturated rings. The Balaban J connectivity index is 1.71. The number of fused-ring (bicyclic) bond motifs is 1. The molecule has 5 rings (SSSR count). The predicted molar refractivity (Wildman–Crippen MR) is 134 cm³/mol. The fourth-order valence-electron chi connectivity index (χ4n) is 4.87. The van der Waals surface area contributed by atoms with E-state index in [2.05, 4.69) is 19.9 Å². The van der Waals surface area contributed by atoms with Gasteiger partial charge < -0.3 is 9.47 Å². The van der Waals surface area contributed by atoms with E-state index in [1.165, 1.54) is 19.2 Å². The lowest BCUT2D eigenvalue weighted by Gasteiger charge is -2.33. The normalized spacial score (nSPS) is 19.4. The molecule has 206 valence electrons. The van der Waals surface area contributed by atoms with Crippen molar-refractivity contribution in [3.05, 3.63) is 75.5 Å². The summed E-state index contributed by atoms with van der Waals surface area (Å²) in [7, 11) is 2.44. The van der Waals surface area contributed by atoms with Gasteiger partial charge in [-0.1, -0.05) is 0 Å². The third kappa shape index (κ3) is 4.98. The lowest BCUT2D eigenvalue weighted by atomic mass is 9.88. The smallest absolute Gasteiger partial charge is 0.449 e. The highest BCUT2D eigenvalue weighted by atomic mass is 19.4. The van der Waals surface area contributed by atoms with Crippen molar-refractivity contribution in [1.82, 2.24) is 24.5 Å². The first-order valence-corrected chi connectivity index (χ1v) is 12.2. The molecule has 0 spiro atoms. The minimum atomic E-state index is -4.96. The van der Waals surface area contributed by atoms with Gasteiger partial charge in [0, 0.05) is 30.8 Å². The maximum absolute atomic E-state index is 15.2. The number of ether oxygens (including phenoxy) is 2. The summed E-state index contributed by atoms with van der Waals surface area (Å²) in [6.45, 7) is 1.86. The molecule has 4 heterocycles. The second kappa shape index (κ2) is 10.3. The Morgan fingerprint density at radius 1 is 1.12 bits per heavy atom. The van der Waals surface area contributed by atoms with Gasteiger partial charge >= 0.3 is 6.18 Å². The number of rotatable bonds is 4. The maximum Gasteiger partial charge on any atom is 0.449 e. The number of pyridine rings is 1. The summed E-state index contributed by atoms with van der Waals surface area (Å²) in [5, 5.41) is 9.13. The number of hydrogen-bond donors (Lipinski definition) is 0. The minimum absolute atomic E-state index is 0.00793. The third-order valence-electron chi connectivity index (χ3n) is 6.77. The van der Waals surface area contributed by atoms with Crippen LogP contribution >= 0.6 is 0 Å². The average Bonchev–Trinajstić information content (AvgIpc) is 2.93. The van der Waals surface area contributed by atoms with E-state index in [1.807, 2.05) is 13.0 Å². The highest BCUT2D eigenvalue weighted by molar-refractivity contribution is 5.88. The predicted octanol–water partition coefficient (Wildman–Crippen LogP) is 4.85. The summed E-state index contributed by atoms with van der Waals surface area (Å²) < 4.78 is 68.1. The van der Waals surface area contributed by atoms with Crippen LogP contribution in [0.4, 0.5) is 17.6 Å². The van der Waals surface area contributed by atoms with E-state index < -0.39 is 40.9 Å². The van der Waals surface area contributed by atoms with E-state index in [9.17, 15) is 18.0 Å². The van der Waals surface area contributed by atoms with Gasteiger partial charge in [0.05, 0.1) is 31.0 Å². The molecular formula is C27H22F4N6O3. The molecule has 13 heteroatoms. The fourth-order valence-corrected chi connectivity index (χ4v) is 4.87. The van der Waals surface area contributed by atoms with Gasteiger partial charge in [-0.15, -0.1) is 0 Å². The number of nitriles is 1. The lowest BCUT2D eigenvalue weighted by molar-refractivity contribution is -0.147. The number of methoxy groups -OCH3 is 1. The Morgan fingerprint density at radius 2 is 1.90 bits per heavy atom. The summed E-state index contributed by atoms with van der Waals surface area (Å²) in [4.78, 5) is 29.8. The SMILES string of the molecule is COc1cc([C@@H]2C[C@H](c3nc(-c4ccc(C#N)cc4F)c4nc(C(F)(F)F)n(C)c(=O)c4n3)C[C@@H](C)O2)ccn1. The second-order valence-corrected chi connectivity index (χ2v) is 9.47. The molecule has 0 bridgehead atoms. The quantitative estimate of drug-likeness (QED) is 0.329. The summed E-state index contributed by atoms with van der Waals surface area (Å²) in [5.41, 5.74) is -1.60. The Bertz CT molecular complexity index is 1720. The Hall–Kier alpha value is -4.44. The summed E-state index contributed by atoms with van der Waals surface area (Å²) in [5.74, 6) is -2.23. The van der Waals surface area contributed by atoms with Crippen LogP contribution in [0.15, 0.2) is 41.3 Å². The van der Waals surface area contributed by atoms with Gasteiger partial charge in [-0.05, 0) is 49.6 Å². The summed E-state index contributed by atoms with van der Waals surface area (Å²) in [6.07, 6.45) is -3.27. The van der Waals surface area contributed by atoms with Crippen molar-refractivity contribution in [2.24, 2.45) is 7.05 Å². The number of hydrogen-bond acceptors (Lipinski definition) is 8. The molecule has 4 aromatic rings. The Labute approximate surface area is 225 Å². The van der Waals surface area contributed by atoms with Crippen LogP contribution in [-0.4, -0.2) is 37.7 Å². The Morgan fingerprint density at radius 3 is 2.58 bits per heavy atom. The van der Waals surface area contributed by atoms with Crippen LogP contribution in [0.1, 0.15) is 54.6 Å². The van der Waals surface area contributed by atoms with Crippen molar-refractivity contribution in [3.63, 3.8) is 0 Å². The van der Waals surface area contributed by atoms with E-state index in [1.54, 1.807) is 18.3 Å². The highest BCUT2D eigenvalue weighted by Crippen LogP contribution is 2.41. The van der Waals surface area contributed by atoms with Crippen molar-refractivity contribution in [1.29, 1.82) is 5.26 Å². The number of benzene rings is 1. The van der Waals surface area contributed by atoms with Gasteiger partial charge in [0.2, 0.25) is 11.7 Å². The maximum atomic E-state index is 15.2. The van der Waals surface area contributed by atoms with Gasteiger partial charge in [-0.2, -0.15) is 18.4 Å². The van der Waals surface area contributed by atoms with Crippen LogP contribution in [0.2, 0.25) is 0 Å². The Kier molecular flexibility index (Phi) is 6.97.